The summed E-state index contributed by atoms with van der Waals surface area (Å²) in [6.45, 7) is 0.876. The second-order valence-corrected chi connectivity index (χ2v) is 6.69. The van der Waals surface area contributed by atoms with Crippen molar-refractivity contribution in [3.8, 4) is 16.9 Å². The highest BCUT2D eigenvalue weighted by molar-refractivity contribution is 6.30. The molecule has 0 amide bonds. The lowest BCUT2D eigenvalue weighted by atomic mass is 10.0. The second-order valence-electron chi connectivity index (χ2n) is 6.26. The van der Waals surface area contributed by atoms with Crippen LogP contribution >= 0.6 is 11.6 Å². The molecule has 0 spiro atoms. The van der Waals surface area contributed by atoms with E-state index >= 15 is 0 Å². The number of rotatable bonds is 3. The van der Waals surface area contributed by atoms with Crippen LogP contribution < -0.4 is 5.32 Å². The Hall–Kier alpha value is -2.86. The molecular formula is C19H17ClN4O2. The molecule has 0 fully saturated rings. The minimum atomic E-state index is -0.400. The van der Waals surface area contributed by atoms with E-state index in [0.717, 1.165) is 54.1 Å². The third kappa shape index (κ3) is 3.04. The number of hydrogen-bond acceptors (Lipinski definition) is 4. The summed E-state index contributed by atoms with van der Waals surface area (Å²) in [5, 5.41) is 19.9. The van der Waals surface area contributed by atoms with Gasteiger partial charge in [0.2, 0.25) is 0 Å². The maximum Gasteiger partial charge on any atom is 0.269 e. The summed E-state index contributed by atoms with van der Waals surface area (Å²) in [6, 6.07) is 14.1. The van der Waals surface area contributed by atoms with E-state index in [1.54, 1.807) is 12.1 Å². The van der Waals surface area contributed by atoms with Crippen molar-refractivity contribution in [2.75, 3.05) is 11.9 Å². The van der Waals surface area contributed by atoms with Crippen LogP contribution in [0.15, 0.2) is 48.5 Å². The molecular weight excluding hydrogens is 352 g/mol. The highest BCUT2D eigenvalue weighted by Crippen LogP contribution is 2.35. The lowest BCUT2D eigenvalue weighted by Crippen LogP contribution is -2.07. The van der Waals surface area contributed by atoms with Gasteiger partial charge in [-0.1, -0.05) is 23.7 Å². The number of non-ortho nitro benzene ring substituents is 1. The highest BCUT2D eigenvalue weighted by Gasteiger charge is 2.22. The number of aromatic nitrogens is 2. The minimum absolute atomic E-state index is 0.0648. The van der Waals surface area contributed by atoms with E-state index in [0.29, 0.717) is 5.02 Å². The molecule has 0 unspecified atom stereocenters. The van der Waals surface area contributed by atoms with Gasteiger partial charge in [0.25, 0.3) is 5.69 Å². The fourth-order valence-corrected chi connectivity index (χ4v) is 3.46. The molecule has 0 radical (unpaired) electrons. The zero-order valence-corrected chi connectivity index (χ0v) is 14.7. The maximum atomic E-state index is 10.9. The lowest BCUT2D eigenvalue weighted by Gasteiger charge is -2.09. The Kier molecular flexibility index (Phi) is 4.34. The minimum Gasteiger partial charge on any atom is -0.370 e. The van der Waals surface area contributed by atoms with E-state index in [1.165, 1.54) is 12.1 Å². The first-order chi connectivity index (χ1) is 12.6. The Bertz CT molecular complexity index is 966. The van der Waals surface area contributed by atoms with E-state index < -0.39 is 4.92 Å². The Labute approximate surface area is 155 Å². The summed E-state index contributed by atoms with van der Waals surface area (Å²) in [7, 11) is 0. The van der Waals surface area contributed by atoms with Crippen molar-refractivity contribution in [2.24, 2.45) is 0 Å². The Morgan fingerprint density at radius 1 is 1.15 bits per heavy atom. The molecule has 6 nitrogen and oxygen atoms in total. The number of nitro groups is 1. The van der Waals surface area contributed by atoms with E-state index in [4.69, 9.17) is 16.7 Å². The summed E-state index contributed by atoms with van der Waals surface area (Å²) in [5.41, 5.74) is 3.88. The number of fused-ring (bicyclic) bond motifs is 1. The monoisotopic (exact) mass is 368 g/mol. The summed E-state index contributed by atoms with van der Waals surface area (Å²) >= 11 is 6.17. The number of anilines is 1. The molecule has 0 saturated carbocycles. The van der Waals surface area contributed by atoms with Crippen LogP contribution in [-0.2, 0) is 6.42 Å². The zero-order valence-electron chi connectivity index (χ0n) is 14.0. The van der Waals surface area contributed by atoms with Crippen LogP contribution in [0.2, 0.25) is 5.02 Å². The van der Waals surface area contributed by atoms with Gasteiger partial charge in [-0.2, -0.15) is 5.10 Å². The fraction of sp³-hybridized carbons (Fsp3) is 0.211. The van der Waals surface area contributed by atoms with Crippen molar-refractivity contribution in [1.29, 1.82) is 0 Å². The second kappa shape index (κ2) is 6.80. The first-order valence-electron chi connectivity index (χ1n) is 8.50. The van der Waals surface area contributed by atoms with Crippen molar-refractivity contribution in [2.45, 2.75) is 19.3 Å². The number of hydrogen-bond donors (Lipinski definition) is 1. The summed E-state index contributed by atoms with van der Waals surface area (Å²) in [6.07, 6.45) is 3.10. The third-order valence-corrected chi connectivity index (χ3v) is 4.77. The number of benzene rings is 2. The van der Waals surface area contributed by atoms with Crippen LogP contribution in [0.5, 0.6) is 0 Å². The molecule has 2 heterocycles. The SMILES string of the molecule is O=[N+]([O-])c1ccc(-n2nc(-c3cccc(Cl)c3)c3c2NCCCC3)cc1. The highest BCUT2D eigenvalue weighted by atomic mass is 35.5. The molecule has 0 bridgehead atoms. The van der Waals surface area contributed by atoms with E-state index in [9.17, 15) is 10.1 Å². The quantitative estimate of drug-likeness (QED) is 0.529. The molecule has 3 aromatic rings. The van der Waals surface area contributed by atoms with Crippen LogP contribution in [0.3, 0.4) is 0 Å². The molecule has 132 valence electrons. The van der Waals surface area contributed by atoms with Crippen molar-refractivity contribution in [1.82, 2.24) is 9.78 Å². The summed E-state index contributed by atoms with van der Waals surface area (Å²) in [4.78, 5) is 10.5. The third-order valence-electron chi connectivity index (χ3n) is 4.53. The largest absolute Gasteiger partial charge is 0.370 e. The van der Waals surface area contributed by atoms with Gasteiger partial charge in [-0.3, -0.25) is 10.1 Å². The summed E-state index contributed by atoms with van der Waals surface area (Å²) in [5.74, 6) is 0.950. The van der Waals surface area contributed by atoms with Gasteiger partial charge in [0.15, 0.2) is 0 Å². The number of halogens is 1. The molecule has 1 aliphatic rings. The molecule has 4 rings (SSSR count). The molecule has 0 saturated heterocycles. The molecule has 26 heavy (non-hydrogen) atoms. The van der Waals surface area contributed by atoms with Crippen molar-refractivity contribution in [3.63, 3.8) is 0 Å². The van der Waals surface area contributed by atoms with Gasteiger partial charge < -0.3 is 5.32 Å². The Morgan fingerprint density at radius 2 is 1.96 bits per heavy atom. The van der Waals surface area contributed by atoms with E-state index in [1.807, 2.05) is 28.9 Å². The predicted molar refractivity (Wildman–Crippen MR) is 102 cm³/mol. The molecule has 1 aliphatic heterocycles. The van der Waals surface area contributed by atoms with Crippen molar-refractivity contribution >= 4 is 23.1 Å². The molecule has 2 aromatic carbocycles. The average Bonchev–Trinajstić information content (AvgIpc) is 2.83. The average molecular weight is 369 g/mol. The van der Waals surface area contributed by atoms with Crippen molar-refractivity contribution < 1.29 is 4.92 Å². The van der Waals surface area contributed by atoms with Crippen LogP contribution in [0.1, 0.15) is 18.4 Å². The maximum absolute atomic E-state index is 10.9. The molecule has 0 aliphatic carbocycles. The number of nitrogens with one attached hydrogen (secondary N) is 1. The topological polar surface area (TPSA) is 73.0 Å². The summed E-state index contributed by atoms with van der Waals surface area (Å²) < 4.78 is 1.83. The number of nitro benzene ring substituents is 1. The van der Waals surface area contributed by atoms with Gasteiger partial charge in [0, 0.05) is 34.8 Å². The van der Waals surface area contributed by atoms with Gasteiger partial charge in [0.05, 0.1) is 16.3 Å². The van der Waals surface area contributed by atoms with Crippen LogP contribution in [-0.4, -0.2) is 21.2 Å². The van der Waals surface area contributed by atoms with Crippen molar-refractivity contribution in [3.05, 3.63) is 69.2 Å². The van der Waals surface area contributed by atoms with E-state index in [-0.39, 0.29) is 5.69 Å². The first kappa shape index (κ1) is 16.6. The Morgan fingerprint density at radius 3 is 2.69 bits per heavy atom. The molecule has 1 N–H and O–H groups in total. The smallest absolute Gasteiger partial charge is 0.269 e. The molecule has 7 heteroatoms. The lowest BCUT2D eigenvalue weighted by molar-refractivity contribution is -0.384. The van der Waals surface area contributed by atoms with Crippen LogP contribution in [0.25, 0.3) is 16.9 Å². The standard InChI is InChI=1S/C19H17ClN4O2/c20-14-5-3-4-13(12-14)18-17-6-1-2-11-21-19(17)23(22-18)15-7-9-16(10-8-15)24(25)26/h3-5,7-10,12,21H,1-2,6,11H2. The Balaban J connectivity index is 1.86. The first-order valence-corrected chi connectivity index (χ1v) is 8.88. The fourth-order valence-electron chi connectivity index (χ4n) is 3.27. The zero-order chi connectivity index (χ0) is 18.1. The van der Waals surface area contributed by atoms with Gasteiger partial charge in [-0.15, -0.1) is 0 Å². The van der Waals surface area contributed by atoms with Gasteiger partial charge in [-0.25, -0.2) is 4.68 Å². The van der Waals surface area contributed by atoms with Gasteiger partial charge in [0.1, 0.15) is 5.82 Å². The molecule has 1 aromatic heterocycles. The predicted octanol–water partition coefficient (Wildman–Crippen LogP) is 4.85. The van der Waals surface area contributed by atoms with Gasteiger partial charge in [-0.05, 0) is 43.5 Å². The van der Waals surface area contributed by atoms with Crippen LogP contribution in [0, 0.1) is 10.1 Å². The van der Waals surface area contributed by atoms with E-state index in [2.05, 4.69) is 5.32 Å². The number of nitrogens with zero attached hydrogens (tertiary/aromatic N) is 3. The molecule has 0 atom stereocenters. The normalized spacial score (nSPS) is 13.6. The van der Waals surface area contributed by atoms with Crippen LogP contribution in [0.4, 0.5) is 11.5 Å². The van der Waals surface area contributed by atoms with Gasteiger partial charge >= 0.3 is 0 Å².